The Hall–Kier alpha value is -4.20. The van der Waals surface area contributed by atoms with Crippen LogP contribution in [0.2, 0.25) is 0 Å². The van der Waals surface area contributed by atoms with Gasteiger partial charge in [0.25, 0.3) is 0 Å². The van der Waals surface area contributed by atoms with Gasteiger partial charge in [-0.25, -0.2) is 4.39 Å². The third-order valence-electron chi connectivity index (χ3n) is 4.91. The first kappa shape index (κ1) is 18.8. The van der Waals surface area contributed by atoms with Gasteiger partial charge < -0.3 is 9.73 Å². The maximum Gasteiger partial charge on any atom is 0.317 e. The SMILES string of the molecule is O=C1Cc2cnccc2C(c2ccccc2)=NC1Nc1nnc(-c2ccc(F)cc2)o1. The number of fused-ring (bicyclic) bond motifs is 1. The molecule has 0 fully saturated rings. The molecule has 152 valence electrons. The molecule has 7 nitrogen and oxygen atoms in total. The summed E-state index contributed by atoms with van der Waals surface area (Å²) < 4.78 is 18.8. The van der Waals surface area contributed by atoms with E-state index >= 15 is 0 Å². The van der Waals surface area contributed by atoms with Gasteiger partial charge in [0.05, 0.1) is 5.71 Å². The molecule has 0 saturated carbocycles. The Morgan fingerprint density at radius 1 is 0.968 bits per heavy atom. The number of hydrogen-bond donors (Lipinski definition) is 1. The van der Waals surface area contributed by atoms with Crippen molar-refractivity contribution in [2.24, 2.45) is 4.99 Å². The number of aliphatic imine (C=N–C) groups is 1. The van der Waals surface area contributed by atoms with Gasteiger partial charge in [0.2, 0.25) is 5.89 Å². The molecule has 0 amide bonds. The van der Waals surface area contributed by atoms with Crippen LogP contribution < -0.4 is 5.32 Å². The fourth-order valence-electron chi connectivity index (χ4n) is 3.40. The average Bonchev–Trinajstić information content (AvgIpc) is 3.21. The van der Waals surface area contributed by atoms with Gasteiger partial charge in [0.1, 0.15) is 5.82 Å². The van der Waals surface area contributed by atoms with Gasteiger partial charge in [-0.1, -0.05) is 35.4 Å². The highest BCUT2D eigenvalue weighted by Crippen LogP contribution is 2.24. The zero-order valence-electron chi connectivity index (χ0n) is 16.2. The number of hydrogen-bond acceptors (Lipinski definition) is 7. The lowest BCUT2D eigenvalue weighted by Gasteiger charge is -2.11. The van der Waals surface area contributed by atoms with Gasteiger partial charge in [0, 0.05) is 35.5 Å². The molecule has 8 heteroatoms. The number of halogens is 1. The number of nitrogens with one attached hydrogen (secondary N) is 1. The standard InChI is InChI=1S/C23H16FN5O2/c24-17-8-6-15(7-9-17)22-28-29-23(31-22)27-21-19(30)12-16-13-25-11-10-18(16)20(26-21)14-4-2-1-3-5-14/h1-11,13,21H,12H2,(H,27,29). The minimum absolute atomic E-state index is 0.0536. The summed E-state index contributed by atoms with van der Waals surface area (Å²) >= 11 is 0. The molecule has 5 rings (SSSR count). The van der Waals surface area contributed by atoms with Gasteiger partial charge in [0.15, 0.2) is 11.9 Å². The van der Waals surface area contributed by atoms with Crippen molar-refractivity contribution in [3.8, 4) is 11.5 Å². The summed E-state index contributed by atoms with van der Waals surface area (Å²) in [5.41, 5.74) is 3.79. The zero-order valence-corrected chi connectivity index (χ0v) is 16.2. The van der Waals surface area contributed by atoms with Crippen molar-refractivity contribution < 1.29 is 13.6 Å². The third-order valence-corrected chi connectivity index (χ3v) is 4.91. The van der Waals surface area contributed by atoms with Crippen LogP contribution in [0.15, 0.2) is 82.5 Å². The molecule has 1 unspecified atom stereocenters. The van der Waals surface area contributed by atoms with E-state index in [1.165, 1.54) is 12.1 Å². The van der Waals surface area contributed by atoms with Crippen LogP contribution in [0.1, 0.15) is 16.7 Å². The second kappa shape index (κ2) is 7.91. The van der Waals surface area contributed by atoms with E-state index in [9.17, 15) is 9.18 Å². The molecule has 1 aliphatic heterocycles. The fourth-order valence-corrected chi connectivity index (χ4v) is 3.40. The Morgan fingerprint density at radius 2 is 1.77 bits per heavy atom. The molecule has 3 heterocycles. The van der Waals surface area contributed by atoms with Crippen LogP contribution >= 0.6 is 0 Å². The maximum atomic E-state index is 13.2. The van der Waals surface area contributed by atoms with E-state index in [4.69, 9.17) is 9.41 Å². The van der Waals surface area contributed by atoms with Crippen molar-refractivity contribution in [2.75, 3.05) is 5.32 Å². The lowest BCUT2D eigenvalue weighted by molar-refractivity contribution is -0.119. The summed E-state index contributed by atoms with van der Waals surface area (Å²) in [7, 11) is 0. The van der Waals surface area contributed by atoms with E-state index in [-0.39, 0.29) is 29.9 Å². The summed E-state index contributed by atoms with van der Waals surface area (Å²) in [5.74, 6) is -0.299. The first-order valence-electron chi connectivity index (χ1n) is 9.62. The lowest BCUT2D eigenvalue weighted by Crippen LogP contribution is -2.29. The maximum absolute atomic E-state index is 13.2. The average molecular weight is 413 g/mol. The van der Waals surface area contributed by atoms with E-state index in [2.05, 4.69) is 20.5 Å². The monoisotopic (exact) mass is 413 g/mol. The summed E-state index contributed by atoms with van der Waals surface area (Å²) in [6.07, 6.45) is 2.62. The van der Waals surface area contributed by atoms with E-state index < -0.39 is 6.17 Å². The van der Waals surface area contributed by atoms with Crippen LogP contribution in [0.5, 0.6) is 0 Å². The molecule has 0 aliphatic carbocycles. The fraction of sp³-hybridized carbons (Fsp3) is 0.0870. The van der Waals surface area contributed by atoms with Crippen molar-refractivity contribution >= 4 is 17.5 Å². The van der Waals surface area contributed by atoms with E-state index in [1.54, 1.807) is 24.5 Å². The lowest BCUT2D eigenvalue weighted by atomic mass is 9.98. The number of rotatable bonds is 4. The van der Waals surface area contributed by atoms with Crippen LogP contribution in [0, 0.1) is 5.82 Å². The van der Waals surface area contributed by atoms with Gasteiger partial charge in [-0.2, -0.15) is 0 Å². The van der Waals surface area contributed by atoms with E-state index in [0.717, 1.165) is 16.7 Å². The number of aromatic nitrogens is 3. The van der Waals surface area contributed by atoms with Crippen LogP contribution in [0.4, 0.5) is 10.4 Å². The third kappa shape index (κ3) is 3.83. The van der Waals surface area contributed by atoms with Crippen molar-refractivity contribution in [3.63, 3.8) is 0 Å². The highest BCUT2D eigenvalue weighted by Gasteiger charge is 2.27. The number of nitrogens with zero attached hydrogens (tertiary/aromatic N) is 4. The molecule has 4 aromatic rings. The van der Waals surface area contributed by atoms with Crippen molar-refractivity contribution in [1.82, 2.24) is 15.2 Å². The highest BCUT2D eigenvalue weighted by molar-refractivity contribution is 6.16. The first-order valence-corrected chi connectivity index (χ1v) is 9.62. The van der Waals surface area contributed by atoms with Crippen molar-refractivity contribution in [3.05, 3.63) is 95.6 Å². The summed E-state index contributed by atoms with van der Waals surface area (Å²) in [4.78, 5) is 21.8. The van der Waals surface area contributed by atoms with Crippen LogP contribution in [0.25, 0.3) is 11.5 Å². The van der Waals surface area contributed by atoms with Gasteiger partial charge in [-0.15, -0.1) is 5.10 Å². The molecular formula is C23H16FN5O2. The molecule has 0 radical (unpaired) electrons. The molecule has 1 atom stereocenters. The number of Topliss-reactive ketones (excluding diaryl/α,β-unsaturated/α-hetero) is 1. The van der Waals surface area contributed by atoms with E-state index in [0.29, 0.717) is 11.3 Å². The molecule has 1 aliphatic rings. The Bertz CT molecular complexity index is 1270. The Kier molecular flexibility index (Phi) is 4.80. The largest absolute Gasteiger partial charge is 0.403 e. The zero-order chi connectivity index (χ0) is 21.2. The number of benzene rings is 2. The summed E-state index contributed by atoms with van der Waals surface area (Å²) in [6, 6.07) is 17.2. The van der Waals surface area contributed by atoms with Crippen molar-refractivity contribution in [2.45, 2.75) is 12.6 Å². The highest BCUT2D eigenvalue weighted by atomic mass is 19.1. The summed E-state index contributed by atoms with van der Waals surface area (Å²) in [6.45, 7) is 0. The predicted molar refractivity (Wildman–Crippen MR) is 112 cm³/mol. The van der Waals surface area contributed by atoms with Gasteiger partial charge in [-0.3, -0.25) is 14.8 Å². The minimum Gasteiger partial charge on any atom is -0.403 e. The molecule has 0 bridgehead atoms. The topological polar surface area (TPSA) is 93.3 Å². The van der Waals surface area contributed by atoms with Crippen LogP contribution in [0.3, 0.4) is 0 Å². The van der Waals surface area contributed by atoms with Gasteiger partial charge >= 0.3 is 6.01 Å². The number of carbonyl (C=O) groups excluding carboxylic acids is 1. The van der Waals surface area contributed by atoms with Crippen LogP contribution in [-0.4, -0.2) is 32.8 Å². The number of anilines is 1. The molecular weight excluding hydrogens is 397 g/mol. The second-order valence-corrected chi connectivity index (χ2v) is 6.99. The molecule has 0 spiro atoms. The Balaban J connectivity index is 1.49. The quantitative estimate of drug-likeness (QED) is 0.549. The molecule has 31 heavy (non-hydrogen) atoms. The molecule has 2 aromatic carbocycles. The minimum atomic E-state index is -0.913. The second-order valence-electron chi connectivity index (χ2n) is 6.99. The Morgan fingerprint density at radius 3 is 2.58 bits per heavy atom. The Labute approximate surface area is 176 Å². The first-order chi connectivity index (χ1) is 15.2. The van der Waals surface area contributed by atoms with Crippen molar-refractivity contribution in [1.29, 1.82) is 0 Å². The van der Waals surface area contributed by atoms with Gasteiger partial charge in [-0.05, 0) is 35.9 Å². The predicted octanol–water partition coefficient (Wildman–Crippen LogP) is 3.67. The summed E-state index contributed by atoms with van der Waals surface area (Å²) in [5, 5.41) is 10.9. The molecule has 1 N–H and O–H groups in total. The number of pyridine rings is 1. The van der Waals surface area contributed by atoms with Crippen LogP contribution in [-0.2, 0) is 11.2 Å². The molecule has 0 saturated heterocycles. The van der Waals surface area contributed by atoms with E-state index in [1.807, 2.05) is 36.4 Å². The normalized spacial score (nSPS) is 15.7. The molecule has 2 aromatic heterocycles. The number of carbonyl (C=O) groups is 1. The number of ketones is 1. The smallest absolute Gasteiger partial charge is 0.317 e.